The van der Waals surface area contributed by atoms with E-state index in [1.807, 2.05) is 48.5 Å². The summed E-state index contributed by atoms with van der Waals surface area (Å²) in [5, 5.41) is 12.5. The smallest absolute Gasteiger partial charge is 0.241 e. The van der Waals surface area contributed by atoms with Gasteiger partial charge in [-0.05, 0) is 36.4 Å². The summed E-state index contributed by atoms with van der Waals surface area (Å²) in [7, 11) is 0. The average molecular weight is 381 g/mol. The second-order valence-electron chi connectivity index (χ2n) is 4.94. The van der Waals surface area contributed by atoms with E-state index in [1.54, 1.807) is 18.2 Å². The van der Waals surface area contributed by atoms with Crippen LogP contribution >= 0.6 is 15.9 Å². The van der Waals surface area contributed by atoms with Crippen LogP contribution in [-0.2, 0) is 0 Å². The Balaban J connectivity index is 1.94. The number of halogens is 1. The fraction of sp³-hybridized carbons (Fsp3) is 0. The van der Waals surface area contributed by atoms with Gasteiger partial charge in [-0.25, -0.2) is 0 Å². The third kappa shape index (κ3) is 3.65. The van der Waals surface area contributed by atoms with Crippen LogP contribution in [0.5, 0.6) is 11.6 Å². The highest BCUT2D eigenvalue weighted by Crippen LogP contribution is 2.30. The second kappa shape index (κ2) is 7.02. The summed E-state index contributed by atoms with van der Waals surface area (Å²) in [6, 6.07) is 20.4. The third-order valence-electron chi connectivity index (χ3n) is 3.20. The number of nitrogens with zero attached hydrogens (tertiary/aromatic N) is 2. The van der Waals surface area contributed by atoms with Crippen molar-refractivity contribution in [1.29, 1.82) is 5.26 Å². The minimum absolute atomic E-state index is 0.170. The van der Waals surface area contributed by atoms with Crippen LogP contribution in [0, 0.1) is 11.3 Å². The van der Waals surface area contributed by atoms with Gasteiger partial charge < -0.3 is 15.8 Å². The van der Waals surface area contributed by atoms with Crippen LogP contribution in [0.2, 0.25) is 0 Å². The minimum atomic E-state index is 0.170. The maximum Gasteiger partial charge on any atom is 0.241 e. The number of benzene rings is 2. The lowest BCUT2D eigenvalue weighted by atomic mass is 10.2. The molecule has 3 rings (SSSR count). The first kappa shape index (κ1) is 15.8. The molecule has 0 amide bonds. The zero-order valence-corrected chi connectivity index (χ0v) is 14.1. The van der Waals surface area contributed by atoms with Crippen LogP contribution in [0.25, 0.3) is 0 Å². The van der Waals surface area contributed by atoms with Crippen molar-refractivity contribution in [3.05, 3.63) is 70.7 Å². The van der Waals surface area contributed by atoms with Crippen molar-refractivity contribution in [3.8, 4) is 17.7 Å². The molecular formula is C18H13BrN4O. The number of anilines is 3. The first-order valence-corrected chi connectivity index (χ1v) is 7.91. The number of hydrogen-bond acceptors (Lipinski definition) is 5. The summed E-state index contributed by atoms with van der Waals surface area (Å²) in [6.07, 6.45) is 0. The van der Waals surface area contributed by atoms with E-state index in [1.165, 1.54) is 0 Å². The lowest BCUT2D eigenvalue weighted by molar-refractivity contribution is 0.462. The maximum atomic E-state index is 9.31. The number of pyridine rings is 1. The molecule has 24 heavy (non-hydrogen) atoms. The van der Waals surface area contributed by atoms with Crippen molar-refractivity contribution in [1.82, 2.24) is 4.98 Å². The van der Waals surface area contributed by atoms with Crippen molar-refractivity contribution in [3.63, 3.8) is 0 Å². The monoisotopic (exact) mass is 380 g/mol. The number of hydrogen-bond donors (Lipinski definition) is 2. The molecule has 0 spiro atoms. The van der Waals surface area contributed by atoms with Gasteiger partial charge in [0, 0.05) is 16.2 Å². The standard InChI is InChI=1S/C18H13BrN4O/c19-12-6-8-13(9-7-12)22-17-10-16(21)15(11-20)18(23-17)24-14-4-2-1-3-5-14/h1-10H,(H3,21,22,23). The molecule has 0 aliphatic heterocycles. The number of ether oxygens (including phenoxy) is 1. The summed E-state index contributed by atoms with van der Waals surface area (Å²) in [5.74, 6) is 1.25. The Morgan fingerprint density at radius 3 is 2.46 bits per heavy atom. The number of para-hydroxylation sites is 1. The van der Waals surface area contributed by atoms with Crippen LogP contribution in [0.15, 0.2) is 65.1 Å². The molecule has 2 aromatic carbocycles. The van der Waals surface area contributed by atoms with Gasteiger partial charge in [0.15, 0.2) is 0 Å². The highest BCUT2D eigenvalue weighted by Gasteiger charge is 2.13. The molecular weight excluding hydrogens is 368 g/mol. The van der Waals surface area contributed by atoms with Gasteiger partial charge in [0.1, 0.15) is 23.2 Å². The number of nitrogens with two attached hydrogens (primary N) is 1. The van der Waals surface area contributed by atoms with E-state index < -0.39 is 0 Å². The molecule has 3 aromatic rings. The highest BCUT2D eigenvalue weighted by molar-refractivity contribution is 9.10. The van der Waals surface area contributed by atoms with Crippen molar-refractivity contribution < 1.29 is 4.74 Å². The van der Waals surface area contributed by atoms with Crippen LogP contribution in [0.4, 0.5) is 17.2 Å². The Labute approximate surface area is 147 Å². The largest absolute Gasteiger partial charge is 0.438 e. The van der Waals surface area contributed by atoms with Crippen molar-refractivity contribution in [2.45, 2.75) is 0 Å². The fourth-order valence-corrected chi connectivity index (χ4v) is 2.34. The molecule has 1 aromatic heterocycles. The Morgan fingerprint density at radius 2 is 1.79 bits per heavy atom. The van der Waals surface area contributed by atoms with Crippen LogP contribution in [-0.4, -0.2) is 4.98 Å². The van der Waals surface area contributed by atoms with Crippen LogP contribution < -0.4 is 15.8 Å². The number of nitrogen functional groups attached to an aromatic ring is 1. The molecule has 0 aliphatic rings. The van der Waals surface area contributed by atoms with Gasteiger partial charge in [0.05, 0.1) is 5.69 Å². The molecule has 0 fully saturated rings. The summed E-state index contributed by atoms with van der Waals surface area (Å²) in [6.45, 7) is 0. The molecule has 5 nitrogen and oxygen atoms in total. The molecule has 0 radical (unpaired) electrons. The summed E-state index contributed by atoms with van der Waals surface area (Å²) in [5.41, 5.74) is 7.33. The lowest BCUT2D eigenvalue weighted by Gasteiger charge is -2.12. The van der Waals surface area contributed by atoms with Gasteiger partial charge in [-0.3, -0.25) is 0 Å². The zero-order chi connectivity index (χ0) is 16.9. The quantitative estimate of drug-likeness (QED) is 0.676. The van der Waals surface area contributed by atoms with Gasteiger partial charge in [-0.1, -0.05) is 34.1 Å². The second-order valence-corrected chi connectivity index (χ2v) is 5.85. The first-order valence-electron chi connectivity index (χ1n) is 7.12. The predicted molar refractivity (Wildman–Crippen MR) is 97.3 cm³/mol. The molecule has 0 aliphatic carbocycles. The predicted octanol–water partition coefficient (Wildman–Crippen LogP) is 4.83. The Morgan fingerprint density at radius 1 is 1.08 bits per heavy atom. The van der Waals surface area contributed by atoms with E-state index in [0.717, 1.165) is 10.2 Å². The van der Waals surface area contributed by atoms with Crippen LogP contribution in [0.1, 0.15) is 5.56 Å². The molecule has 0 bridgehead atoms. The molecule has 0 atom stereocenters. The summed E-state index contributed by atoms with van der Waals surface area (Å²) >= 11 is 3.39. The molecule has 118 valence electrons. The maximum absolute atomic E-state index is 9.31. The van der Waals surface area contributed by atoms with Crippen molar-refractivity contribution in [2.24, 2.45) is 0 Å². The Bertz CT molecular complexity index is 889. The van der Waals surface area contributed by atoms with E-state index in [4.69, 9.17) is 10.5 Å². The summed E-state index contributed by atoms with van der Waals surface area (Å²) in [4.78, 5) is 4.37. The van der Waals surface area contributed by atoms with Crippen molar-refractivity contribution in [2.75, 3.05) is 11.1 Å². The number of rotatable bonds is 4. The van der Waals surface area contributed by atoms with E-state index in [2.05, 4.69) is 26.2 Å². The van der Waals surface area contributed by atoms with Gasteiger partial charge >= 0.3 is 0 Å². The van der Waals surface area contributed by atoms with E-state index in [-0.39, 0.29) is 11.4 Å². The first-order chi connectivity index (χ1) is 11.7. The Hall–Kier alpha value is -3.04. The molecule has 0 unspecified atom stereocenters. The van der Waals surface area contributed by atoms with E-state index >= 15 is 0 Å². The SMILES string of the molecule is N#Cc1c(N)cc(Nc2ccc(Br)cc2)nc1Oc1ccccc1. The van der Waals surface area contributed by atoms with Gasteiger partial charge in [0.25, 0.3) is 0 Å². The number of nitriles is 1. The normalized spacial score (nSPS) is 10.0. The summed E-state index contributed by atoms with van der Waals surface area (Å²) < 4.78 is 6.70. The van der Waals surface area contributed by atoms with Gasteiger partial charge in [0.2, 0.25) is 5.88 Å². The molecule has 3 N–H and O–H groups in total. The molecule has 1 heterocycles. The van der Waals surface area contributed by atoms with Gasteiger partial charge in [-0.15, -0.1) is 0 Å². The van der Waals surface area contributed by atoms with Crippen molar-refractivity contribution >= 4 is 33.1 Å². The number of nitrogens with one attached hydrogen (secondary N) is 1. The zero-order valence-electron chi connectivity index (χ0n) is 12.5. The number of aromatic nitrogens is 1. The lowest BCUT2D eigenvalue weighted by Crippen LogP contribution is -2.02. The van der Waals surface area contributed by atoms with E-state index in [9.17, 15) is 5.26 Å². The topological polar surface area (TPSA) is 84.0 Å². The van der Waals surface area contributed by atoms with Crippen LogP contribution in [0.3, 0.4) is 0 Å². The Kier molecular flexibility index (Phi) is 4.64. The fourth-order valence-electron chi connectivity index (χ4n) is 2.07. The molecule has 0 saturated heterocycles. The molecule has 0 saturated carbocycles. The third-order valence-corrected chi connectivity index (χ3v) is 3.73. The van der Waals surface area contributed by atoms with Gasteiger partial charge in [-0.2, -0.15) is 10.2 Å². The van der Waals surface area contributed by atoms with E-state index in [0.29, 0.717) is 17.3 Å². The molecule has 6 heteroatoms. The highest BCUT2D eigenvalue weighted by atomic mass is 79.9. The minimum Gasteiger partial charge on any atom is -0.438 e. The average Bonchev–Trinajstić information content (AvgIpc) is 2.58.